The zero-order valence-corrected chi connectivity index (χ0v) is 15.2. The molecule has 0 atom stereocenters. The molecule has 0 radical (unpaired) electrons. The minimum Gasteiger partial charge on any atom is -0.493 e. The van der Waals surface area contributed by atoms with Gasteiger partial charge in [-0.1, -0.05) is 36.4 Å². The fourth-order valence-electron chi connectivity index (χ4n) is 2.40. The van der Waals surface area contributed by atoms with Crippen molar-refractivity contribution in [3.63, 3.8) is 0 Å². The van der Waals surface area contributed by atoms with E-state index < -0.39 is 5.97 Å². The first-order chi connectivity index (χ1) is 13.7. The number of hydrazone groups is 1. The highest BCUT2D eigenvalue weighted by atomic mass is 16.6. The normalized spacial score (nSPS) is 10.5. The summed E-state index contributed by atoms with van der Waals surface area (Å²) in [5.41, 5.74) is 4.09. The van der Waals surface area contributed by atoms with E-state index in [1.54, 1.807) is 66.7 Å². The second-order valence-electron chi connectivity index (χ2n) is 5.73. The van der Waals surface area contributed by atoms with Crippen LogP contribution in [0.1, 0.15) is 26.3 Å². The number of amides is 1. The molecule has 6 nitrogen and oxygen atoms in total. The number of nitrogens with one attached hydrogen (secondary N) is 1. The summed E-state index contributed by atoms with van der Waals surface area (Å²) in [6.45, 7) is 0. The molecule has 1 amide bonds. The zero-order chi connectivity index (χ0) is 19.8. The summed E-state index contributed by atoms with van der Waals surface area (Å²) in [5, 5.41) is 3.94. The lowest BCUT2D eigenvalue weighted by molar-refractivity contribution is 0.0729. The van der Waals surface area contributed by atoms with Gasteiger partial charge in [-0.3, -0.25) is 4.79 Å². The number of carbonyl (C=O) groups excluding carboxylic acids is 2. The Hall–Kier alpha value is -3.93. The molecule has 0 spiro atoms. The third-order valence-corrected chi connectivity index (χ3v) is 3.82. The number of hydrogen-bond acceptors (Lipinski definition) is 5. The Balaban J connectivity index is 1.67. The SMILES string of the molecule is COc1cc(/C=N/NC(=O)c2ccccc2)ccc1OC(=O)c1ccccc1. The molecule has 0 aromatic heterocycles. The Bertz CT molecular complexity index is 986. The van der Waals surface area contributed by atoms with Crippen LogP contribution in [0.15, 0.2) is 84.0 Å². The zero-order valence-electron chi connectivity index (χ0n) is 15.2. The Morgan fingerprint density at radius 1 is 0.857 bits per heavy atom. The number of hydrogen-bond donors (Lipinski definition) is 1. The largest absolute Gasteiger partial charge is 0.493 e. The Labute approximate surface area is 162 Å². The van der Waals surface area contributed by atoms with Crippen molar-refractivity contribution in [1.29, 1.82) is 0 Å². The summed E-state index contributed by atoms with van der Waals surface area (Å²) in [5.74, 6) is -0.114. The van der Waals surface area contributed by atoms with Gasteiger partial charge in [0.05, 0.1) is 18.9 Å². The maximum absolute atomic E-state index is 12.2. The number of rotatable bonds is 6. The van der Waals surface area contributed by atoms with Gasteiger partial charge in [-0.05, 0) is 48.0 Å². The predicted molar refractivity (Wildman–Crippen MR) is 106 cm³/mol. The Morgan fingerprint density at radius 3 is 2.14 bits per heavy atom. The molecule has 0 unspecified atom stereocenters. The molecule has 0 fully saturated rings. The van der Waals surface area contributed by atoms with Crippen LogP contribution in [0.3, 0.4) is 0 Å². The van der Waals surface area contributed by atoms with Crippen molar-refractivity contribution in [1.82, 2.24) is 5.43 Å². The van der Waals surface area contributed by atoms with E-state index in [1.165, 1.54) is 13.3 Å². The Morgan fingerprint density at radius 2 is 1.50 bits per heavy atom. The van der Waals surface area contributed by atoms with Crippen LogP contribution < -0.4 is 14.9 Å². The van der Waals surface area contributed by atoms with Gasteiger partial charge >= 0.3 is 5.97 Å². The quantitative estimate of drug-likeness (QED) is 0.309. The molecule has 1 N–H and O–H groups in total. The van der Waals surface area contributed by atoms with Gasteiger partial charge in [0.25, 0.3) is 5.91 Å². The van der Waals surface area contributed by atoms with E-state index in [0.717, 1.165) is 0 Å². The minimum absolute atomic E-state index is 0.293. The van der Waals surface area contributed by atoms with Crippen molar-refractivity contribution >= 4 is 18.1 Å². The molecule has 0 saturated heterocycles. The van der Waals surface area contributed by atoms with E-state index in [4.69, 9.17) is 9.47 Å². The molecule has 0 bridgehead atoms. The molecule has 0 saturated carbocycles. The number of esters is 1. The molecule has 3 rings (SSSR count). The topological polar surface area (TPSA) is 77.0 Å². The highest BCUT2D eigenvalue weighted by Gasteiger charge is 2.12. The van der Waals surface area contributed by atoms with Crippen molar-refractivity contribution in [3.05, 3.63) is 95.6 Å². The van der Waals surface area contributed by atoms with Gasteiger partial charge in [0.15, 0.2) is 11.5 Å². The summed E-state index contributed by atoms with van der Waals surface area (Å²) < 4.78 is 10.7. The number of carbonyl (C=O) groups is 2. The van der Waals surface area contributed by atoms with Crippen LogP contribution >= 0.6 is 0 Å². The molecular weight excluding hydrogens is 356 g/mol. The van der Waals surface area contributed by atoms with Crippen molar-refractivity contribution in [2.24, 2.45) is 5.10 Å². The minimum atomic E-state index is -0.476. The summed E-state index contributed by atoms with van der Waals surface area (Å²) >= 11 is 0. The highest BCUT2D eigenvalue weighted by Crippen LogP contribution is 2.28. The molecule has 0 aliphatic carbocycles. The van der Waals surface area contributed by atoms with E-state index in [2.05, 4.69) is 10.5 Å². The lowest BCUT2D eigenvalue weighted by Gasteiger charge is -2.10. The summed E-state index contributed by atoms with van der Waals surface area (Å²) in [6, 6.07) is 22.4. The molecule has 0 aliphatic heterocycles. The van der Waals surface area contributed by atoms with Crippen molar-refractivity contribution < 1.29 is 19.1 Å². The molecule has 6 heteroatoms. The molecule has 0 heterocycles. The van der Waals surface area contributed by atoms with Gasteiger partial charge in [0.1, 0.15) is 0 Å². The third kappa shape index (κ3) is 4.82. The monoisotopic (exact) mass is 374 g/mol. The average molecular weight is 374 g/mol. The second-order valence-corrected chi connectivity index (χ2v) is 5.73. The first-order valence-corrected chi connectivity index (χ1v) is 8.51. The number of ether oxygens (including phenoxy) is 2. The number of nitrogens with zero attached hydrogens (tertiary/aromatic N) is 1. The fourth-order valence-corrected chi connectivity index (χ4v) is 2.40. The maximum atomic E-state index is 12.2. The standard InChI is InChI=1S/C22H18N2O4/c1-27-20-14-16(15-23-24-21(25)17-8-4-2-5-9-17)12-13-19(20)28-22(26)18-10-6-3-7-11-18/h2-15H,1H3,(H,24,25)/b23-15+. The van der Waals surface area contributed by atoms with Crippen LogP contribution in [-0.2, 0) is 0 Å². The van der Waals surface area contributed by atoms with Crippen LogP contribution in [0.4, 0.5) is 0 Å². The van der Waals surface area contributed by atoms with Crippen LogP contribution in [0.5, 0.6) is 11.5 Å². The Kier molecular flexibility index (Phi) is 6.15. The van der Waals surface area contributed by atoms with Crippen LogP contribution in [0, 0.1) is 0 Å². The lowest BCUT2D eigenvalue weighted by Crippen LogP contribution is -2.17. The molecule has 140 valence electrons. The average Bonchev–Trinajstić information content (AvgIpc) is 2.75. The van der Waals surface area contributed by atoms with Gasteiger partial charge < -0.3 is 9.47 Å². The summed E-state index contributed by atoms with van der Waals surface area (Å²) in [4.78, 5) is 24.2. The van der Waals surface area contributed by atoms with Gasteiger partial charge in [0, 0.05) is 5.56 Å². The first kappa shape index (κ1) is 18.8. The molecule has 3 aromatic rings. The van der Waals surface area contributed by atoms with E-state index in [-0.39, 0.29) is 5.91 Å². The summed E-state index contributed by atoms with van der Waals surface area (Å²) in [6.07, 6.45) is 1.48. The molecular formula is C22H18N2O4. The van der Waals surface area contributed by atoms with E-state index in [1.807, 2.05) is 12.1 Å². The number of benzene rings is 3. The van der Waals surface area contributed by atoms with Gasteiger partial charge in [0.2, 0.25) is 0 Å². The van der Waals surface area contributed by atoms with Crippen LogP contribution in [0.25, 0.3) is 0 Å². The maximum Gasteiger partial charge on any atom is 0.343 e. The first-order valence-electron chi connectivity index (χ1n) is 8.51. The van der Waals surface area contributed by atoms with E-state index in [0.29, 0.717) is 28.2 Å². The molecule has 28 heavy (non-hydrogen) atoms. The van der Waals surface area contributed by atoms with Crippen molar-refractivity contribution in [2.75, 3.05) is 7.11 Å². The molecule has 3 aromatic carbocycles. The molecule has 0 aliphatic rings. The van der Waals surface area contributed by atoms with Gasteiger partial charge in [-0.25, -0.2) is 10.2 Å². The van der Waals surface area contributed by atoms with Gasteiger partial charge in [-0.2, -0.15) is 5.10 Å². The predicted octanol–water partition coefficient (Wildman–Crippen LogP) is 3.68. The van der Waals surface area contributed by atoms with E-state index >= 15 is 0 Å². The van der Waals surface area contributed by atoms with Crippen molar-refractivity contribution in [2.45, 2.75) is 0 Å². The van der Waals surface area contributed by atoms with Crippen molar-refractivity contribution in [3.8, 4) is 11.5 Å². The van der Waals surface area contributed by atoms with Crippen LogP contribution in [0.2, 0.25) is 0 Å². The smallest absolute Gasteiger partial charge is 0.343 e. The number of methoxy groups -OCH3 is 1. The highest BCUT2D eigenvalue weighted by molar-refractivity contribution is 5.95. The summed E-state index contributed by atoms with van der Waals surface area (Å²) in [7, 11) is 1.48. The second kappa shape index (κ2) is 9.14. The fraction of sp³-hybridized carbons (Fsp3) is 0.0455. The van der Waals surface area contributed by atoms with Crippen LogP contribution in [-0.4, -0.2) is 25.2 Å². The third-order valence-electron chi connectivity index (χ3n) is 3.82. The lowest BCUT2D eigenvalue weighted by atomic mass is 10.2. The van der Waals surface area contributed by atoms with Gasteiger partial charge in [-0.15, -0.1) is 0 Å². The van der Waals surface area contributed by atoms with E-state index in [9.17, 15) is 9.59 Å².